The fourth-order valence-corrected chi connectivity index (χ4v) is 3.18. The van der Waals surface area contributed by atoms with Crippen molar-refractivity contribution in [2.75, 3.05) is 20.6 Å². The summed E-state index contributed by atoms with van der Waals surface area (Å²) in [7, 11) is 4.12. The smallest absolute Gasteiger partial charge is 0.116 e. The normalized spacial score (nSPS) is 19.6. The molecule has 0 saturated carbocycles. The Morgan fingerprint density at radius 1 is 1.05 bits per heavy atom. The molecule has 114 valence electrons. The topological polar surface area (TPSA) is 36.4 Å². The van der Waals surface area contributed by atoms with E-state index < -0.39 is 5.60 Å². The third kappa shape index (κ3) is 2.70. The largest absolute Gasteiger partial charge is 0.380 e. The molecule has 0 radical (unpaired) electrons. The molecule has 1 aliphatic rings. The van der Waals surface area contributed by atoms with Gasteiger partial charge < -0.3 is 10.0 Å². The predicted molar refractivity (Wildman–Crippen MR) is 90.4 cm³/mol. The Morgan fingerprint density at radius 3 is 2.59 bits per heavy atom. The molecular weight excluding hydrogens is 272 g/mol. The van der Waals surface area contributed by atoms with E-state index >= 15 is 0 Å². The van der Waals surface area contributed by atoms with Crippen LogP contribution in [0, 0.1) is 0 Å². The van der Waals surface area contributed by atoms with Crippen LogP contribution in [-0.4, -0.2) is 35.6 Å². The van der Waals surface area contributed by atoms with Gasteiger partial charge in [-0.1, -0.05) is 36.4 Å². The zero-order valence-corrected chi connectivity index (χ0v) is 13.2. The maximum absolute atomic E-state index is 11.6. The SMILES string of the molecule is CN(C)CCC[C@@]1(O)c2ccccc2C=Cc2cnccc21. The van der Waals surface area contributed by atoms with Crippen molar-refractivity contribution in [1.29, 1.82) is 0 Å². The van der Waals surface area contributed by atoms with Crippen LogP contribution in [0.5, 0.6) is 0 Å². The number of hydrogen-bond acceptors (Lipinski definition) is 3. The number of rotatable bonds is 4. The number of nitrogens with zero attached hydrogens (tertiary/aromatic N) is 2. The summed E-state index contributed by atoms with van der Waals surface area (Å²) in [6.07, 6.45) is 9.33. The molecule has 3 nitrogen and oxygen atoms in total. The summed E-state index contributed by atoms with van der Waals surface area (Å²) < 4.78 is 0. The van der Waals surface area contributed by atoms with Crippen LogP contribution in [0.4, 0.5) is 0 Å². The summed E-state index contributed by atoms with van der Waals surface area (Å²) in [5, 5.41) is 11.6. The molecule has 0 spiro atoms. The van der Waals surface area contributed by atoms with Crippen molar-refractivity contribution in [3.63, 3.8) is 0 Å². The molecule has 3 rings (SSSR count). The molecule has 1 heterocycles. The zero-order valence-electron chi connectivity index (χ0n) is 13.2. The third-order valence-corrected chi connectivity index (χ3v) is 4.29. The molecule has 0 saturated heterocycles. The second-order valence-corrected chi connectivity index (χ2v) is 6.15. The first-order valence-corrected chi connectivity index (χ1v) is 7.70. The van der Waals surface area contributed by atoms with E-state index in [-0.39, 0.29) is 0 Å². The molecule has 0 unspecified atom stereocenters. The minimum absolute atomic E-state index is 0.695. The van der Waals surface area contributed by atoms with Gasteiger partial charge in [-0.2, -0.15) is 0 Å². The summed E-state index contributed by atoms with van der Waals surface area (Å²) in [6, 6.07) is 10.0. The third-order valence-electron chi connectivity index (χ3n) is 4.29. The van der Waals surface area contributed by atoms with Gasteiger partial charge >= 0.3 is 0 Å². The highest BCUT2D eigenvalue weighted by molar-refractivity contribution is 5.76. The Kier molecular flexibility index (Phi) is 4.10. The molecule has 1 atom stereocenters. The highest BCUT2D eigenvalue weighted by atomic mass is 16.3. The lowest BCUT2D eigenvalue weighted by atomic mass is 9.80. The van der Waals surface area contributed by atoms with E-state index in [0.29, 0.717) is 6.42 Å². The number of hydrogen-bond donors (Lipinski definition) is 1. The minimum Gasteiger partial charge on any atom is -0.380 e. The van der Waals surface area contributed by atoms with Gasteiger partial charge in [0.05, 0.1) is 0 Å². The summed E-state index contributed by atoms with van der Waals surface area (Å²) >= 11 is 0. The van der Waals surface area contributed by atoms with E-state index in [1.165, 1.54) is 0 Å². The van der Waals surface area contributed by atoms with E-state index in [9.17, 15) is 5.11 Å². The van der Waals surface area contributed by atoms with Gasteiger partial charge in [0, 0.05) is 12.4 Å². The highest BCUT2D eigenvalue weighted by Crippen LogP contribution is 2.40. The first kappa shape index (κ1) is 14.9. The van der Waals surface area contributed by atoms with Gasteiger partial charge in [-0.15, -0.1) is 0 Å². The summed E-state index contributed by atoms with van der Waals surface area (Å²) in [6.45, 7) is 0.957. The van der Waals surface area contributed by atoms with Crippen LogP contribution in [0.15, 0.2) is 42.7 Å². The Hall–Kier alpha value is -1.97. The molecule has 0 bridgehead atoms. The maximum atomic E-state index is 11.6. The van der Waals surface area contributed by atoms with Crippen LogP contribution in [0.3, 0.4) is 0 Å². The average molecular weight is 294 g/mol. The Labute approximate surface area is 131 Å². The van der Waals surface area contributed by atoms with E-state index in [1.807, 2.05) is 36.5 Å². The molecular formula is C19H22N2O. The van der Waals surface area contributed by atoms with Crippen molar-refractivity contribution in [3.05, 3.63) is 65.0 Å². The van der Waals surface area contributed by atoms with Gasteiger partial charge in [-0.05, 0) is 61.8 Å². The van der Waals surface area contributed by atoms with E-state index in [0.717, 1.165) is 35.2 Å². The molecule has 22 heavy (non-hydrogen) atoms. The highest BCUT2D eigenvalue weighted by Gasteiger charge is 2.35. The van der Waals surface area contributed by atoms with Gasteiger partial charge in [0.25, 0.3) is 0 Å². The van der Waals surface area contributed by atoms with Crippen LogP contribution in [0.1, 0.15) is 35.1 Å². The second kappa shape index (κ2) is 6.03. The Morgan fingerprint density at radius 2 is 1.77 bits per heavy atom. The lowest BCUT2D eigenvalue weighted by Gasteiger charge is -2.31. The minimum atomic E-state index is -0.964. The molecule has 1 aliphatic carbocycles. The van der Waals surface area contributed by atoms with Crippen LogP contribution < -0.4 is 0 Å². The van der Waals surface area contributed by atoms with Crippen molar-refractivity contribution in [1.82, 2.24) is 9.88 Å². The molecule has 1 aromatic carbocycles. The van der Waals surface area contributed by atoms with Crippen molar-refractivity contribution in [2.45, 2.75) is 18.4 Å². The number of pyridine rings is 1. The predicted octanol–water partition coefficient (Wildman–Crippen LogP) is 3.14. The van der Waals surface area contributed by atoms with Crippen LogP contribution in [0.25, 0.3) is 12.2 Å². The van der Waals surface area contributed by atoms with E-state index in [2.05, 4.69) is 36.1 Å². The molecule has 0 amide bonds. The van der Waals surface area contributed by atoms with Crippen LogP contribution in [-0.2, 0) is 5.60 Å². The fourth-order valence-electron chi connectivity index (χ4n) is 3.18. The van der Waals surface area contributed by atoms with Crippen molar-refractivity contribution in [2.24, 2.45) is 0 Å². The van der Waals surface area contributed by atoms with Gasteiger partial charge in [0.2, 0.25) is 0 Å². The van der Waals surface area contributed by atoms with Crippen LogP contribution >= 0.6 is 0 Å². The number of fused-ring (bicyclic) bond motifs is 2. The molecule has 1 aromatic heterocycles. The van der Waals surface area contributed by atoms with Crippen molar-refractivity contribution >= 4 is 12.2 Å². The van der Waals surface area contributed by atoms with E-state index in [1.54, 1.807) is 6.20 Å². The number of aromatic nitrogens is 1. The Balaban J connectivity index is 2.08. The average Bonchev–Trinajstić information content (AvgIpc) is 2.64. The van der Waals surface area contributed by atoms with Crippen molar-refractivity contribution in [3.8, 4) is 0 Å². The zero-order chi connectivity index (χ0) is 15.6. The molecule has 0 aliphatic heterocycles. The first-order valence-electron chi connectivity index (χ1n) is 7.70. The van der Waals surface area contributed by atoms with E-state index in [4.69, 9.17) is 0 Å². The standard InChI is InChI=1S/C19H22N2O/c1-21(2)13-5-11-19(22)17-7-4-3-6-15(17)8-9-16-14-20-12-10-18(16)19/h3-4,6-10,12,14,22H,5,11,13H2,1-2H3/t19-/m1/s1. The quantitative estimate of drug-likeness (QED) is 0.941. The second-order valence-electron chi connectivity index (χ2n) is 6.15. The van der Waals surface area contributed by atoms with Gasteiger partial charge in [-0.25, -0.2) is 0 Å². The van der Waals surface area contributed by atoms with Crippen LogP contribution in [0.2, 0.25) is 0 Å². The summed E-state index contributed by atoms with van der Waals surface area (Å²) in [5.74, 6) is 0. The number of aliphatic hydroxyl groups is 1. The molecule has 2 aromatic rings. The monoisotopic (exact) mass is 294 g/mol. The Bertz CT molecular complexity index is 642. The van der Waals surface area contributed by atoms with Gasteiger partial charge in [0.1, 0.15) is 5.60 Å². The van der Waals surface area contributed by atoms with Gasteiger partial charge in [-0.3, -0.25) is 4.98 Å². The lowest BCUT2D eigenvalue weighted by Crippen LogP contribution is -2.30. The lowest BCUT2D eigenvalue weighted by molar-refractivity contribution is 0.0662. The van der Waals surface area contributed by atoms with Crippen molar-refractivity contribution < 1.29 is 5.11 Å². The summed E-state index contributed by atoms with van der Waals surface area (Å²) in [4.78, 5) is 6.36. The number of benzene rings is 1. The molecule has 3 heteroatoms. The first-order chi connectivity index (χ1) is 10.6. The van der Waals surface area contributed by atoms with Gasteiger partial charge in [0.15, 0.2) is 0 Å². The fraction of sp³-hybridized carbons (Fsp3) is 0.316. The maximum Gasteiger partial charge on any atom is 0.116 e. The molecule has 0 fully saturated rings. The molecule has 1 N–H and O–H groups in total. The summed E-state index contributed by atoms with van der Waals surface area (Å²) in [5.41, 5.74) is 3.03.